The van der Waals surface area contributed by atoms with Gasteiger partial charge in [-0.15, -0.1) is 0 Å². The van der Waals surface area contributed by atoms with E-state index in [1.165, 1.54) is 0 Å². The number of rotatable bonds is 6. The second kappa shape index (κ2) is 7.26. The van der Waals surface area contributed by atoms with E-state index in [0.717, 1.165) is 51.0 Å². The van der Waals surface area contributed by atoms with Gasteiger partial charge >= 0.3 is 0 Å². The summed E-state index contributed by atoms with van der Waals surface area (Å²) in [6.07, 6.45) is 1.72. The molecule has 1 N–H and O–H groups in total. The summed E-state index contributed by atoms with van der Waals surface area (Å²) < 4.78 is 10.5. The summed E-state index contributed by atoms with van der Waals surface area (Å²) in [5, 5.41) is 3.34. The van der Waals surface area contributed by atoms with E-state index >= 15 is 0 Å². The first-order chi connectivity index (χ1) is 9.78. The number of methoxy groups -OCH3 is 2. The topological polar surface area (TPSA) is 50.8 Å². The number of hydrogen-bond acceptors (Lipinski definition) is 5. The van der Waals surface area contributed by atoms with Crippen molar-refractivity contribution in [3.05, 3.63) is 23.3 Å². The third kappa shape index (κ3) is 3.49. The second-order valence-corrected chi connectivity index (χ2v) is 4.88. The van der Waals surface area contributed by atoms with Crippen LogP contribution < -0.4 is 14.8 Å². The number of ether oxygens (including phenoxy) is 2. The number of aldehydes is 1. The molecule has 1 aromatic carbocycles. The molecule has 1 aromatic rings. The largest absolute Gasteiger partial charge is 0.493 e. The average molecular weight is 278 g/mol. The van der Waals surface area contributed by atoms with Crippen molar-refractivity contribution in [2.24, 2.45) is 0 Å². The SMILES string of the molecule is COc1cc(CCN2CCNCC2)cc(C=O)c1OC. The van der Waals surface area contributed by atoms with Crippen molar-refractivity contribution >= 4 is 6.29 Å². The lowest BCUT2D eigenvalue weighted by molar-refractivity contribution is 0.112. The van der Waals surface area contributed by atoms with Gasteiger partial charge in [0.25, 0.3) is 0 Å². The van der Waals surface area contributed by atoms with Crippen LogP contribution >= 0.6 is 0 Å². The zero-order valence-corrected chi connectivity index (χ0v) is 12.1. The van der Waals surface area contributed by atoms with E-state index in [9.17, 15) is 4.79 Å². The first kappa shape index (κ1) is 14.8. The number of benzene rings is 1. The maximum absolute atomic E-state index is 11.2. The Labute approximate surface area is 119 Å². The van der Waals surface area contributed by atoms with Crippen molar-refractivity contribution in [3.8, 4) is 11.5 Å². The molecule has 0 atom stereocenters. The van der Waals surface area contributed by atoms with Crippen LogP contribution in [0.15, 0.2) is 12.1 Å². The molecule has 5 nitrogen and oxygen atoms in total. The second-order valence-electron chi connectivity index (χ2n) is 4.88. The van der Waals surface area contributed by atoms with Crippen LogP contribution in [0.4, 0.5) is 0 Å². The van der Waals surface area contributed by atoms with Crippen LogP contribution in [0.25, 0.3) is 0 Å². The van der Waals surface area contributed by atoms with Gasteiger partial charge in [0.1, 0.15) is 0 Å². The van der Waals surface area contributed by atoms with Crippen molar-refractivity contribution in [1.82, 2.24) is 10.2 Å². The van der Waals surface area contributed by atoms with E-state index < -0.39 is 0 Å². The molecule has 0 unspecified atom stereocenters. The first-order valence-electron chi connectivity index (χ1n) is 6.91. The highest BCUT2D eigenvalue weighted by Crippen LogP contribution is 2.31. The molecule has 0 spiro atoms. The van der Waals surface area contributed by atoms with Crippen molar-refractivity contribution in [3.63, 3.8) is 0 Å². The van der Waals surface area contributed by atoms with Crippen LogP contribution in [0.1, 0.15) is 15.9 Å². The van der Waals surface area contributed by atoms with Gasteiger partial charge in [-0.1, -0.05) is 0 Å². The maximum Gasteiger partial charge on any atom is 0.171 e. The van der Waals surface area contributed by atoms with Crippen molar-refractivity contribution in [1.29, 1.82) is 0 Å². The number of nitrogens with zero attached hydrogens (tertiary/aromatic N) is 1. The minimum Gasteiger partial charge on any atom is -0.493 e. The molecule has 0 aromatic heterocycles. The van der Waals surface area contributed by atoms with Gasteiger partial charge in [0, 0.05) is 32.7 Å². The zero-order valence-electron chi connectivity index (χ0n) is 12.1. The van der Waals surface area contributed by atoms with Crippen LogP contribution in [0.3, 0.4) is 0 Å². The Balaban J connectivity index is 2.08. The monoisotopic (exact) mass is 278 g/mol. The quantitative estimate of drug-likeness (QED) is 0.786. The molecule has 0 radical (unpaired) electrons. The fraction of sp³-hybridized carbons (Fsp3) is 0.533. The Bertz CT molecular complexity index is 457. The molecule has 20 heavy (non-hydrogen) atoms. The Morgan fingerprint density at radius 3 is 2.60 bits per heavy atom. The molecule has 0 aliphatic carbocycles. The van der Waals surface area contributed by atoms with Crippen molar-refractivity contribution in [2.45, 2.75) is 6.42 Å². The fourth-order valence-corrected chi connectivity index (χ4v) is 2.51. The minimum atomic E-state index is 0.508. The Morgan fingerprint density at radius 1 is 1.25 bits per heavy atom. The van der Waals surface area contributed by atoms with Crippen LogP contribution in [-0.2, 0) is 6.42 Å². The summed E-state index contributed by atoms with van der Waals surface area (Å²) >= 11 is 0. The number of carbonyl (C=O) groups is 1. The smallest absolute Gasteiger partial charge is 0.171 e. The summed E-state index contributed by atoms with van der Waals surface area (Å²) in [5.41, 5.74) is 1.64. The van der Waals surface area contributed by atoms with Crippen molar-refractivity contribution in [2.75, 3.05) is 46.9 Å². The summed E-state index contributed by atoms with van der Waals surface area (Å²) in [7, 11) is 3.14. The molecule has 1 saturated heterocycles. The number of nitrogens with one attached hydrogen (secondary N) is 1. The predicted octanol–water partition coefficient (Wildman–Crippen LogP) is 0.964. The first-order valence-corrected chi connectivity index (χ1v) is 6.91. The maximum atomic E-state index is 11.2. The molecule has 0 amide bonds. The van der Waals surface area contributed by atoms with Gasteiger partial charge in [0.2, 0.25) is 0 Å². The molecule has 1 aliphatic rings. The van der Waals surface area contributed by atoms with E-state index in [-0.39, 0.29) is 0 Å². The molecule has 5 heteroatoms. The molecule has 1 fully saturated rings. The van der Waals surface area contributed by atoms with Gasteiger partial charge in [-0.25, -0.2) is 0 Å². The normalized spacial score (nSPS) is 15.9. The lowest BCUT2D eigenvalue weighted by Crippen LogP contribution is -2.44. The molecule has 1 heterocycles. The highest BCUT2D eigenvalue weighted by Gasteiger charge is 2.13. The van der Waals surface area contributed by atoms with E-state index in [1.807, 2.05) is 12.1 Å². The fourth-order valence-electron chi connectivity index (χ4n) is 2.51. The van der Waals surface area contributed by atoms with E-state index in [1.54, 1.807) is 14.2 Å². The lowest BCUT2D eigenvalue weighted by atomic mass is 10.1. The standard InChI is InChI=1S/C15H22N2O3/c1-19-14-10-12(9-13(11-18)15(14)20-2)3-6-17-7-4-16-5-8-17/h9-11,16H,3-8H2,1-2H3. The lowest BCUT2D eigenvalue weighted by Gasteiger charge is -2.27. The zero-order chi connectivity index (χ0) is 14.4. The van der Waals surface area contributed by atoms with Crippen LogP contribution in [0, 0.1) is 0 Å². The highest BCUT2D eigenvalue weighted by molar-refractivity contribution is 5.81. The molecular weight excluding hydrogens is 256 g/mol. The van der Waals surface area contributed by atoms with Crippen LogP contribution in [0.5, 0.6) is 11.5 Å². The molecule has 110 valence electrons. The minimum absolute atomic E-state index is 0.508. The third-order valence-electron chi connectivity index (χ3n) is 3.62. The van der Waals surface area contributed by atoms with Gasteiger partial charge < -0.3 is 19.7 Å². The van der Waals surface area contributed by atoms with Crippen molar-refractivity contribution < 1.29 is 14.3 Å². The summed E-state index contributed by atoms with van der Waals surface area (Å²) in [6, 6.07) is 3.84. The third-order valence-corrected chi connectivity index (χ3v) is 3.62. The predicted molar refractivity (Wildman–Crippen MR) is 77.9 cm³/mol. The van der Waals surface area contributed by atoms with E-state index in [2.05, 4.69) is 10.2 Å². The summed E-state index contributed by atoms with van der Waals surface area (Å²) in [5.74, 6) is 1.13. The van der Waals surface area contributed by atoms with Gasteiger partial charge in [-0.05, 0) is 24.1 Å². The Morgan fingerprint density at radius 2 is 2.00 bits per heavy atom. The number of carbonyl (C=O) groups excluding carboxylic acids is 1. The molecule has 1 aliphatic heterocycles. The Kier molecular flexibility index (Phi) is 5.38. The molecule has 0 saturated carbocycles. The van der Waals surface area contributed by atoms with Crippen LogP contribution in [0.2, 0.25) is 0 Å². The van der Waals surface area contributed by atoms with E-state index in [4.69, 9.17) is 9.47 Å². The van der Waals surface area contributed by atoms with E-state index in [0.29, 0.717) is 17.1 Å². The van der Waals surface area contributed by atoms with Gasteiger partial charge in [0.15, 0.2) is 17.8 Å². The van der Waals surface area contributed by atoms with Gasteiger partial charge in [0.05, 0.1) is 19.8 Å². The molecule has 2 rings (SSSR count). The molecule has 0 bridgehead atoms. The summed E-state index contributed by atoms with van der Waals surface area (Å²) in [6.45, 7) is 5.24. The molecular formula is C15H22N2O3. The average Bonchev–Trinajstić information content (AvgIpc) is 2.52. The van der Waals surface area contributed by atoms with Gasteiger partial charge in [-0.3, -0.25) is 4.79 Å². The van der Waals surface area contributed by atoms with Crippen LogP contribution in [-0.4, -0.2) is 58.1 Å². The highest BCUT2D eigenvalue weighted by atomic mass is 16.5. The number of piperazine rings is 1. The van der Waals surface area contributed by atoms with Gasteiger partial charge in [-0.2, -0.15) is 0 Å². The summed E-state index contributed by atoms with van der Waals surface area (Å²) in [4.78, 5) is 13.6. The number of hydrogen-bond donors (Lipinski definition) is 1. The Hall–Kier alpha value is -1.59.